The fourth-order valence-electron chi connectivity index (χ4n) is 1.74. The van der Waals surface area contributed by atoms with Gasteiger partial charge in [-0.3, -0.25) is 4.79 Å². The van der Waals surface area contributed by atoms with E-state index in [-0.39, 0.29) is 36.4 Å². The summed E-state index contributed by atoms with van der Waals surface area (Å²) in [5.41, 5.74) is 0.325. The van der Waals surface area contributed by atoms with Crippen LogP contribution in [-0.4, -0.2) is 44.0 Å². The van der Waals surface area contributed by atoms with E-state index in [1.807, 2.05) is 6.92 Å². The molecule has 1 unspecified atom stereocenters. The Labute approximate surface area is 152 Å². The second-order valence-electron chi connectivity index (χ2n) is 5.02. The summed E-state index contributed by atoms with van der Waals surface area (Å²) in [5, 5.41) is 5.97. The zero-order chi connectivity index (χ0) is 16.7. The lowest BCUT2D eigenvalue weighted by Crippen LogP contribution is -2.39. The van der Waals surface area contributed by atoms with Crippen molar-refractivity contribution >= 4 is 35.8 Å². The first-order chi connectivity index (χ1) is 10.3. The minimum atomic E-state index is -0.625. The van der Waals surface area contributed by atoms with E-state index < -0.39 is 17.7 Å². The Morgan fingerprint density at radius 3 is 2.52 bits per heavy atom. The highest BCUT2D eigenvalue weighted by atomic mass is 127. The quantitative estimate of drug-likeness (QED) is 0.420. The molecule has 5 nitrogen and oxygen atoms in total. The number of aliphatic imine (C=N–C) groups is 1. The number of likely N-dealkylation sites (N-methyl/N-ethyl adjacent to an activating group) is 1. The van der Waals surface area contributed by atoms with Crippen LogP contribution in [0.1, 0.15) is 25.5 Å². The minimum Gasteiger partial charge on any atom is -0.357 e. The second-order valence-corrected chi connectivity index (χ2v) is 5.02. The molecule has 0 aromatic heterocycles. The predicted octanol–water partition coefficient (Wildman–Crippen LogP) is 2.29. The average Bonchev–Trinajstić information content (AvgIpc) is 2.44. The number of carbonyl (C=O) groups is 1. The van der Waals surface area contributed by atoms with Crippen molar-refractivity contribution in [2.75, 3.05) is 27.2 Å². The number of benzene rings is 1. The van der Waals surface area contributed by atoms with Gasteiger partial charge >= 0.3 is 0 Å². The summed E-state index contributed by atoms with van der Waals surface area (Å²) >= 11 is 0. The van der Waals surface area contributed by atoms with Crippen LogP contribution in [-0.2, 0) is 4.79 Å². The van der Waals surface area contributed by atoms with Gasteiger partial charge in [-0.1, -0.05) is 6.07 Å². The molecule has 1 atom stereocenters. The van der Waals surface area contributed by atoms with Crippen LogP contribution in [0.3, 0.4) is 0 Å². The third kappa shape index (κ3) is 7.10. The molecule has 8 heteroatoms. The maximum absolute atomic E-state index is 13.8. The summed E-state index contributed by atoms with van der Waals surface area (Å²) in [4.78, 5) is 17.2. The molecule has 23 heavy (non-hydrogen) atoms. The van der Waals surface area contributed by atoms with Crippen molar-refractivity contribution in [2.45, 2.75) is 19.9 Å². The molecule has 0 spiro atoms. The molecule has 0 fully saturated rings. The topological polar surface area (TPSA) is 56.7 Å². The minimum absolute atomic E-state index is 0. The molecule has 0 aliphatic carbocycles. The highest BCUT2D eigenvalue weighted by Gasteiger charge is 2.13. The van der Waals surface area contributed by atoms with Crippen molar-refractivity contribution in [3.8, 4) is 0 Å². The lowest BCUT2D eigenvalue weighted by atomic mass is 10.1. The number of nitrogens with zero attached hydrogens (tertiary/aromatic N) is 2. The Hall–Kier alpha value is -1.45. The van der Waals surface area contributed by atoms with Crippen molar-refractivity contribution in [1.82, 2.24) is 15.5 Å². The van der Waals surface area contributed by atoms with Gasteiger partial charge < -0.3 is 15.5 Å². The van der Waals surface area contributed by atoms with E-state index in [1.165, 1.54) is 17.0 Å². The molecule has 0 bridgehead atoms. The third-order valence-corrected chi connectivity index (χ3v) is 3.00. The molecular weight excluding hydrogens is 417 g/mol. The number of amides is 1. The number of rotatable bonds is 5. The van der Waals surface area contributed by atoms with Crippen LogP contribution in [0.25, 0.3) is 0 Å². The zero-order valence-electron chi connectivity index (χ0n) is 13.7. The molecule has 1 aromatic carbocycles. The number of nitrogens with one attached hydrogen (secondary N) is 2. The van der Waals surface area contributed by atoms with Gasteiger partial charge in [0, 0.05) is 32.3 Å². The molecule has 0 saturated carbocycles. The Balaban J connectivity index is 0.00000484. The summed E-state index contributed by atoms with van der Waals surface area (Å²) in [6.07, 6.45) is 0. The normalized spacial score (nSPS) is 12.2. The molecule has 2 N–H and O–H groups in total. The van der Waals surface area contributed by atoms with Gasteiger partial charge in [0.2, 0.25) is 5.91 Å². The predicted molar refractivity (Wildman–Crippen MR) is 98.0 cm³/mol. The maximum atomic E-state index is 13.8. The van der Waals surface area contributed by atoms with E-state index in [1.54, 1.807) is 21.0 Å². The summed E-state index contributed by atoms with van der Waals surface area (Å²) in [7, 11) is 3.30. The largest absolute Gasteiger partial charge is 0.357 e. The smallest absolute Gasteiger partial charge is 0.243 e. The van der Waals surface area contributed by atoms with Crippen molar-refractivity contribution in [2.24, 2.45) is 4.99 Å². The molecular formula is C15H23F2IN4O. The Morgan fingerprint density at radius 1 is 1.35 bits per heavy atom. The van der Waals surface area contributed by atoms with E-state index in [0.717, 1.165) is 6.07 Å². The van der Waals surface area contributed by atoms with E-state index >= 15 is 0 Å². The number of halogens is 3. The van der Waals surface area contributed by atoms with Gasteiger partial charge in [0.05, 0.1) is 6.04 Å². The number of carbonyl (C=O) groups excluding carboxylic acids is 1. The van der Waals surface area contributed by atoms with E-state index in [0.29, 0.717) is 18.1 Å². The van der Waals surface area contributed by atoms with E-state index in [9.17, 15) is 13.6 Å². The van der Waals surface area contributed by atoms with Gasteiger partial charge in [-0.25, -0.2) is 13.8 Å². The Kier molecular flexibility index (Phi) is 9.70. The van der Waals surface area contributed by atoms with E-state index in [2.05, 4.69) is 15.6 Å². The first-order valence-electron chi connectivity index (χ1n) is 7.05. The van der Waals surface area contributed by atoms with Crippen molar-refractivity contribution in [3.05, 3.63) is 35.4 Å². The molecule has 130 valence electrons. The first-order valence-corrected chi connectivity index (χ1v) is 7.05. The van der Waals surface area contributed by atoms with E-state index in [4.69, 9.17) is 0 Å². The fourth-order valence-corrected chi connectivity index (χ4v) is 1.74. The van der Waals surface area contributed by atoms with Gasteiger partial charge in [-0.2, -0.15) is 0 Å². The standard InChI is InChI=1S/C15H22F2N4O.HI/c1-5-18-15(19-9-14(22)21(3)4)20-10(2)12-7-6-11(16)8-13(12)17;/h6-8,10H,5,9H2,1-4H3,(H2,18,19,20);1H. The molecule has 0 saturated heterocycles. The molecule has 0 aliphatic heterocycles. The zero-order valence-corrected chi connectivity index (χ0v) is 16.0. The fraction of sp³-hybridized carbons (Fsp3) is 0.467. The van der Waals surface area contributed by atoms with Crippen LogP contribution in [0.2, 0.25) is 0 Å². The van der Waals surface area contributed by atoms with Crippen molar-refractivity contribution in [1.29, 1.82) is 0 Å². The van der Waals surface area contributed by atoms with Crippen molar-refractivity contribution in [3.63, 3.8) is 0 Å². The number of guanidine groups is 1. The van der Waals surface area contributed by atoms with Crippen LogP contribution in [0, 0.1) is 11.6 Å². The highest BCUT2D eigenvalue weighted by Crippen LogP contribution is 2.17. The molecule has 0 aliphatic rings. The molecule has 1 rings (SSSR count). The van der Waals surface area contributed by atoms with Crippen LogP contribution in [0.5, 0.6) is 0 Å². The second kappa shape index (κ2) is 10.3. The lowest BCUT2D eigenvalue weighted by Gasteiger charge is -2.19. The Bertz CT molecular complexity index is 552. The van der Waals surface area contributed by atoms with Gasteiger partial charge in [-0.15, -0.1) is 24.0 Å². The number of hydrogen-bond donors (Lipinski definition) is 2. The van der Waals surface area contributed by atoms with Crippen LogP contribution < -0.4 is 10.6 Å². The average molecular weight is 440 g/mol. The van der Waals surface area contributed by atoms with Gasteiger partial charge in [0.25, 0.3) is 0 Å². The summed E-state index contributed by atoms with van der Waals surface area (Å²) < 4.78 is 26.7. The van der Waals surface area contributed by atoms with Gasteiger partial charge in [-0.05, 0) is 19.9 Å². The lowest BCUT2D eigenvalue weighted by molar-refractivity contribution is -0.127. The molecule has 0 heterocycles. The molecule has 1 amide bonds. The first kappa shape index (κ1) is 21.6. The summed E-state index contributed by atoms with van der Waals surface area (Å²) in [6.45, 7) is 4.20. The third-order valence-electron chi connectivity index (χ3n) is 3.00. The Morgan fingerprint density at radius 2 is 2.00 bits per heavy atom. The van der Waals surface area contributed by atoms with Crippen molar-refractivity contribution < 1.29 is 13.6 Å². The highest BCUT2D eigenvalue weighted by molar-refractivity contribution is 14.0. The maximum Gasteiger partial charge on any atom is 0.243 e. The summed E-state index contributed by atoms with van der Waals surface area (Å²) in [5.74, 6) is -0.988. The van der Waals surface area contributed by atoms with Gasteiger partial charge in [0.1, 0.15) is 18.2 Å². The summed E-state index contributed by atoms with van der Waals surface area (Å²) in [6, 6.07) is 3.01. The van der Waals surface area contributed by atoms with Crippen LogP contribution in [0.4, 0.5) is 8.78 Å². The van der Waals surface area contributed by atoms with Crippen LogP contribution in [0.15, 0.2) is 23.2 Å². The molecule has 1 aromatic rings. The SMILES string of the molecule is CCNC(=NCC(=O)N(C)C)NC(C)c1ccc(F)cc1F.I. The number of hydrogen-bond acceptors (Lipinski definition) is 2. The molecule has 0 radical (unpaired) electrons. The monoisotopic (exact) mass is 440 g/mol. The van der Waals surface area contributed by atoms with Crippen LogP contribution >= 0.6 is 24.0 Å². The van der Waals surface area contributed by atoms with Gasteiger partial charge in [0.15, 0.2) is 5.96 Å².